The molecule has 26 heavy (non-hydrogen) atoms. The van der Waals surface area contributed by atoms with Crippen LogP contribution in [0.15, 0.2) is 52.6 Å². The lowest BCUT2D eigenvalue weighted by Gasteiger charge is -2.29. The second kappa shape index (κ2) is 7.31. The van der Waals surface area contributed by atoms with Crippen molar-refractivity contribution in [3.8, 4) is 0 Å². The number of amidine groups is 1. The maximum atomic E-state index is 12.3. The third-order valence-corrected chi connectivity index (χ3v) is 5.86. The number of halogens is 2. The summed E-state index contributed by atoms with van der Waals surface area (Å²) in [7, 11) is 0. The van der Waals surface area contributed by atoms with Crippen molar-refractivity contribution in [1.82, 2.24) is 5.01 Å². The molecule has 0 saturated carbocycles. The lowest BCUT2D eigenvalue weighted by molar-refractivity contribution is -0.113. The SMILES string of the molecule is O=C(CSC1=Nc2ccccc2C2CC=NN12)Nc1cccc(Cl)c1Cl. The largest absolute Gasteiger partial charge is 0.324 e. The molecule has 0 aromatic heterocycles. The highest BCUT2D eigenvalue weighted by atomic mass is 35.5. The number of nitrogens with one attached hydrogen (secondary N) is 1. The molecular formula is C18H14Cl2N4OS. The Balaban J connectivity index is 1.47. The topological polar surface area (TPSA) is 57.1 Å². The zero-order valence-electron chi connectivity index (χ0n) is 13.5. The highest BCUT2D eigenvalue weighted by Gasteiger charge is 2.32. The molecule has 2 aliphatic heterocycles. The monoisotopic (exact) mass is 404 g/mol. The number of para-hydroxylation sites is 1. The minimum atomic E-state index is -0.180. The fourth-order valence-electron chi connectivity index (χ4n) is 2.90. The summed E-state index contributed by atoms with van der Waals surface area (Å²) in [6.45, 7) is 0. The van der Waals surface area contributed by atoms with Crippen LogP contribution < -0.4 is 5.32 Å². The summed E-state index contributed by atoms with van der Waals surface area (Å²) in [5.74, 6) is 0.0169. The van der Waals surface area contributed by atoms with Gasteiger partial charge in [-0.25, -0.2) is 10.0 Å². The number of fused-ring (bicyclic) bond motifs is 3. The standard InChI is InChI=1S/C18H14Cl2N4OS/c19-12-5-3-7-14(17(12)20)22-16(25)10-26-18-23-13-6-2-1-4-11(13)15-8-9-21-24(15)18/h1-7,9,15H,8,10H2,(H,22,25). The van der Waals surface area contributed by atoms with E-state index in [1.54, 1.807) is 18.2 Å². The number of amides is 1. The van der Waals surface area contributed by atoms with Gasteiger partial charge in [-0.1, -0.05) is 59.2 Å². The third-order valence-electron chi connectivity index (χ3n) is 4.10. The highest BCUT2D eigenvalue weighted by Crippen LogP contribution is 2.40. The van der Waals surface area contributed by atoms with E-state index < -0.39 is 0 Å². The molecule has 1 amide bonds. The van der Waals surface area contributed by atoms with Crippen LogP contribution in [0.4, 0.5) is 11.4 Å². The molecule has 0 fully saturated rings. The molecule has 5 nitrogen and oxygen atoms in total. The Labute approximate surface area is 165 Å². The van der Waals surface area contributed by atoms with Crippen molar-refractivity contribution in [2.24, 2.45) is 10.1 Å². The van der Waals surface area contributed by atoms with Gasteiger partial charge < -0.3 is 5.32 Å². The minimum absolute atomic E-state index is 0.150. The van der Waals surface area contributed by atoms with Crippen molar-refractivity contribution in [2.75, 3.05) is 11.1 Å². The first-order valence-corrected chi connectivity index (χ1v) is 9.73. The van der Waals surface area contributed by atoms with Crippen molar-refractivity contribution in [2.45, 2.75) is 12.5 Å². The van der Waals surface area contributed by atoms with Crippen LogP contribution in [0.2, 0.25) is 10.0 Å². The number of thioether (sulfide) groups is 1. The van der Waals surface area contributed by atoms with Crippen LogP contribution in [0.25, 0.3) is 0 Å². The molecule has 1 unspecified atom stereocenters. The van der Waals surface area contributed by atoms with Gasteiger partial charge >= 0.3 is 0 Å². The van der Waals surface area contributed by atoms with Crippen LogP contribution in [0.3, 0.4) is 0 Å². The van der Waals surface area contributed by atoms with Crippen molar-refractivity contribution in [3.05, 3.63) is 58.1 Å². The molecule has 2 aromatic carbocycles. The molecular weight excluding hydrogens is 391 g/mol. The first kappa shape index (κ1) is 17.4. The zero-order chi connectivity index (χ0) is 18.1. The summed E-state index contributed by atoms with van der Waals surface area (Å²) < 4.78 is 0. The average molecular weight is 405 g/mol. The van der Waals surface area contributed by atoms with Gasteiger partial charge in [-0.05, 0) is 18.2 Å². The Morgan fingerprint density at radius 3 is 2.96 bits per heavy atom. The molecule has 0 aliphatic carbocycles. The predicted octanol–water partition coefficient (Wildman–Crippen LogP) is 5.10. The van der Waals surface area contributed by atoms with Gasteiger partial charge in [0.25, 0.3) is 0 Å². The summed E-state index contributed by atoms with van der Waals surface area (Å²) in [4.78, 5) is 17.0. The number of carbonyl (C=O) groups is 1. The van der Waals surface area contributed by atoms with Gasteiger partial charge in [0.1, 0.15) is 0 Å². The van der Waals surface area contributed by atoms with Gasteiger partial charge in [0.2, 0.25) is 5.91 Å². The molecule has 0 bridgehead atoms. The Bertz CT molecular complexity index is 931. The number of hydrogen-bond acceptors (Lipinski definition) is 5. The van der Waals surface area contributed by atoms with Crippen LogP contribution in [0.5, 0.6) is 0 Å². The van der Waals surface area contributed by atoms with Gasteiger partial charge in [-0.15, -0.1) is 0 Å². The number of carbonyl (C=O) groups excluding carboxylic acids is 1. The van der Waals surface area contributed by atoms with Crippen LogP contribution in [0, 0.1) is 0 Å². The number of benzene rings is 2. The van der Waals surface area contributed by atoms with Gasteiger partial charge in [0.05, 0.1) is 33.2 Å². The summed E-state index contributed by atoms with van der Waals surface area (Å²) in [5.41, 5.74) is 2.59. The van der Waals surface area contributed by atoms with Crippen molar-refractivity contribution in [1.29, 1.82) is 0 Å². The van der Waals surface area contributed by atoms with E-state index in [1.165, 1.54) is 11.8 Å². The number of rotatable bonds is 3. The molecule has 0 saturated heterocycles. The number of aliphatic imine (C=N–C) groups is 1. The van der Waals surface area contributed by atoms with Crippen molar-refractivity contribution >= 4 is 63.6 Å². The van der Waals surface area contributed by atoms with E-state index in [0.29, 0.717) is 15.7 Å². The van der Waals surface area contributed by atoms with Crippen LogP contribution in [0.1, 0.15) is 18.0 Å². The van der Waals surface area contributed by atoms with Gasteiger partial charge in [0, 0.05) is 18.2 Å². The molecule has 8 heteroatoms. The minimum Gasteiger partial charge on any atom is -0.324 e. The first-order valence-electron chi connectivity index (χ1n) is 7.99. The van der Waals surface area contributed by atoms with Crippen molar-refractivity contribution in [3.63, 3.8) is 0 Å². The fourth-order valence-corrected chi connectivity index (χ4v) is 4.05. The Hall–Kier alpha value is -2.02. The molecule has 0 spiro atoms. The molecule has 2 aliphatic rings. The lowest BCUT2D eigenvalue weighted by atomic mass is 10.0. The van der Waals surface area contributed by atoms with Crippen LogP contribution in [-0.4, -0.2) is 28.1 Å². The number of hydrogen-bond donors (Lipinski definition) is 1. The van der Waals surface area contributed by atoms with E-state index in [-0.39, 0.29) is 17.7 Å². The summed E-state index contributed by atoms with van der Waals surface area (Å²) in [5, 5.41) is 10.5. The maximum Gasteiger partial charge on any atom is 0.234 e. The van der Waals surface area contributed by atoms with Crippen LogP contribution >= 0.6 is 35.0 Å². The first-order chi connectivity index (χ1) is 12.6. The Morgan fingerprint density at radius 2 is 2.08 bits per heavy atom. The smallest absolute Gasteiger partial charge is 0.234 e. The molecule has 132 valence electrons. The van der Waals surface area contributed by atoms with Gasteiger partial charge in [0.15, 0.2) is 5.17 Å². The summed E-state index contributed by atoms with van der Waals surface area (Å²) in [6, 6.07) is 13.3. The molecule has 4 rings (SSSR count). The second-order valence-electron chi connectivity index (χ2n) is 5.79. The quantitative estimate of drug-likeness (QED) is 0.773. The van der Waals surface area contributed by atoms with Gasteiger partial charge in [-0.2, -0.15) is 5.10 Å². The van der Waals surface area contributed by atoms with Gasteiger partial charge in [-0.3, -0.25) is 4.79 Å². The molecule has 2 heterocycles. The zero-order valence-corrected chi connectivity index (χ0v) is 15.9. The summed E-state index contributed by atoms with van der Waals surface area (Å²) in [6.07, 6.45) is 2.72. The average Bonchev–Trinajstić information content (AvgIpc) is 3.14. The highest BCUT2D eigenvalue weighted by molar-refractivity contribution is 8.14. The second-order valence-corrected chi connectivity index (χ2v) is 7.51. The van der Waals surface area contributed by atoms with Crippen LogP contribution in [-0.2, 0) is 4.79 Å². The summed E-state index contributed by atoms with van der Waals surface area (Å²) >= 11 is 13.4. The van der Waals surface area contributed by atoms with Crippen molar-refractivity contribution < 1.29 is 4.79 Å². The normalized spacial score (nSPS) is 17.5. The third kappa shape index (κ3) is 3.32. The fraction of sp³-hybridized carbons (Fsp3) is 0.167. The maximum absolute atomic E-state index is 12.3. The molecule has 1 N–H and O–H groups in total. The Kier molecular flexibility index (Phi) is 4.89. The van der Waals surface area contributed by atoms with E-state index in [4.69, 9.17) is 23.2 Å². The van der Waals surface area contributed by atoms with E-state index in [0.717, 1.165) is 22.8 Å². The Morgan fingerprint density at radius 1 is 1.23 bits per heavy atom. The van der Waals surface area contributed by atoms with E-state index in [2.05, 4.69) is 21.5 Å². The molecule has 0 radical (unpaired) electrons. The molecule has 2 aromatic rings. The number of hydrazone groups is 1. The molecule has 1 atom stereocenters. The van der Waals surface area contributed by atoms with E-state index in [9.17, 15) is 4.79 Å². The van der Waals surface area contributed by atoms with E-state index in [1.807, 2.05) is 29.4 Å². The lowest BCUT2D eigenvalue weighted by Crippen LogP contribution is -2.29. The number of anilines is 1. The van der Waals surface area contributed by atoms with E-state index >= 15 is 0 Å². The predicted molar refractivity (Wildman–Crippen MR) is 109 cm³/mol. The number of nitrogens with zero attached hydrogens (tertiary/aromatic N) is 3.